The summed E-state index contributed by atoms with van der Waals surface area (Å²) in [5.41, 5.74) is 3.61. The molecule has 0 saturated carbocycles. The van der Waals surface area contributed by atoms with Crippen molar-refractivity contribution in [1.82, 2.24) is 4.98 Å². The van der Waals surface area contributed by atoms with Crippen molar-refractivity contribution in [3.05, 3.63) is 50.7 Å². The van der Waals surface area contributed by atoms with Gasteiger partial charge < -0.3 is 10.6 Å². The Morgan fingerprint density at radius 2 is 1.95 bits per heavy atom. The van der Waals surface area contributed by atoms with Crippen molar-refractivity contribution in [1.29, 1.82) is 0 Å². The van der Waals surface area contributed by atoms with Crippen molar-refractivity contribution >= 4 is 44.8 Å². The normalized spacial score (nSPS) is 10.3. The van der Waals surface area contributed by atoms with Gasteiger partial charge in [0.2, 0.25) is 0 Å². The smallest absolute Gasteiger partial charge is 0.259 e. The van der Waals surface area contributed by atoms with E-state index in [4.69, 9.17) is 11.6 Å². The summed E-state index contributed by atoms with van der Waals surface area (Å²) in [4.78, 5) is 16.6. The average molecular weight is 369 g/mol. The zero-order chi connectivity index (χ0) is 15.6. The summed E-state index contributed by atoms with van der Waals surface area (Å²) in [6.07, 6.45) is 1.56. The minimum atomic E-state index is -0.243. The van der Waals surface area contributed by atoms with E-state index >= 15 is 0 Å². The molecule has 110 valence electrons. The van der Waals surface area contributed by atoms with Crippen LogP contribution in [0.4, 0.5) is 11.4 Å². The SMILES string of the molecule is CNc1cc(C)ncc1C(=O)Nc1cc(Cl)c(C)cc1Br. The highest BCUT2D eigenvalue weighted by Crippen LogP contribution is 2.30. The fraction of sp³-hybridized carbons (Fsp3) is 0.200. The molecule has 21 heavy (non-hydrogen) atoms. The molecule has 1 aromatic heterocycles. The van der Waals surface area contributed by atoms with Gasteiger partial charge >= 0.3 is 0 Å². The van der Waals surface area contributed by atoms with Crippen molar-refractivity contribution in [2.75, 3.05) is 17.7 Å². The number of amides is 1. The van der Waals surface area contributed by atoms with Crippen LogP contribution in [-0.2, 0) is 0 Å². The average Bonchev–Trinajstić information content (AvgIpc) is 2.44. The first kappa shape index (κ1) is 15.8. The van der Waals surface area contributed by atoms with Crippen LogP contribution in [-0.4, -0.2) is 17.9 Å². The fourth-order valence-electron chi connectivity index (χ4n) is 1.88. The van der Waals surface area contributed by atoms with Crippen LogP contribution < -0.4 is 10.6 Å². The van der Waals surface area contributed by atoms with E-state index < -0.39 is 0 Å². The molecule has 4 nitrogen and oxygen atoms in total. The van der Waals surface area contributed by atoms with Gasteiger partial charge in [-0.3, -0.25) is 9.78 Å². The minimum Gasteiger partial charge on any atom is -0.387 e. The van der Waals surface area contributed by atoms with Crippen molar-refractivity contribution in [2.45, 2.75) is 13.8 Å². The van der Waals surface area contributed by atoms with E-state index in [1.807, 2.05) is 26.0 Å². The van der Waals surface area contributed by atoms with E-state index in [9.17, 15) is 4.79 Å². The summed E-state index contributed by atoms with van der Waals surface area (Å²) in [7, 11) is 1.77. The standard InChI is InChI=1S/C15H15BrClN3O/c1-8-4-11(16)14(6-12(8)17)20-15(21)10-7-19-9(2)5-13(10)18-3/h4-7H,1-3H3,(H,18,19)(H,20,21). The highest BCUT2D eigenvalue weighted by molar-refractivity contribution is 9.10. The highest BCUT2D eigenvalue weighted by Gasteiger charge is 2.14. The Morgan fingerprint density at radius 3 is 2.62 bits per heavy atom. The number of benzene rings is 1. The number of nitrogens with one attached hydrogen (secondary N) is 2. The zero-order valence-corrected chi connectivity index (χ0v) is 14.3. The molecule has 0 aliphatic rings. The molecule has 2 aromatic rings. The fourth-order valence-corrected chi connectivity index (χ4v) is 2.60. The summed E-state index contributed by atoms with van der Waals surface area (Å²) >= 11 is 9.52. The summed E-state index contributed by atoms with van der Waals surface area (Å²) < 4.78 is 0.781. The molecule has 0 fully saturated rings. The van der Waals surface area contributed by atoms with Gasteiger partial charge in [0.25, 0.3) is 5.91 Å². The lowest BCUT2D eigenvalue weighted by Crippen LogP contribution is -2.15. The van der Waals surface area contributed by atoms with Crippen LogP contribution in [0, 0.1) is 13.8 Å². The Morgan fingerprint density at radius 1 is 1.24 bits per heavy atom. The number of hydrogen-bond acceptors (Lipinski definition) is 3. The number of carbonyl (C=O) groups excluding carboxylic acids is 1. The van der Waals surface area contributed by atoms with Gasteiger partial charge in [-0.15, -0.1) is 0 Å². The molecule has 0 aliphatic carbocycles. The van der Waals surface area contributed by atoms with E-state index in [0.29, 0.717) is 16.3 Å². The summed E-state index contributed by atoms with van der Waals surface area (Å²) in [5, 5.41) is 6.44. The molecule has 2 N–H and O–H groups in total. The molecule has 1 aromatic carbocycles. The lowest BCUT2D eigenvalue weighted by molar-refractivity contribution is 0.102. The number of pyridine rings is 1. The molecule has 0 aliphatic heterocycles. The lowest BCUT2D eigenvalue weighted by Gasteiger charge is -2.12. The van der Waals surface area contributed by atoms with Crippen LogP contribution in [0.15, 0.2) is 28.9 Å². The highest BCUT2D eigenvalue weighted by atomic mass is 79.9. The second-order valence-electron chi connectivity index (χ2n) is 4.66. The second kappa shape index (κ2) is 6.45. The van der Waals surface area contributed by atoms with Crippen molar-refractivity contribution in [3.63, 3.8) is 0 Å². The molecule has 0 unspecified atom stereocenters. The minimum absolute atomic E-state index is 0.243. The number of aryl methyl sites for hydroxylation is 2. The van der Waals surface area contributed by atoms with Crippen molar-refractivity contribution in [3.8, 4) is 0 Å². The van der Waals surface area contributed by atoms with Crippen LogP contribution in [0.1, 0.15) is 21.6 Å². The Bertz CT molecular complexity index is 704. The van der Waals surface area contributed by atoms with E-state index in [-0.39, 0.29) is 5.91 Å². The van der Waals surface area contributed by atoms with Gasteiger partial charge in [-0.2, -0.15) is 0 Å². The number of hydrogen-bond donors (Lipinski definition) is 2. The number of rotatable bonds is 3. The quantitative estimate of drug-likeness (QED) is 0.844. The zero-order valence-electron chi connectivity index (χ0n) is 11.9. The van der Waals surface area contributed by atoms with Gasteiger partial charge in [0.1, 0.15) is 0 Å². The molecule has 1 heterocycles. The Balaban J connectivity index is 2.32. The number of halogens is 2. The molecule has 0 saturated heterocycles. The summed E-state index contributed by atoms with van der Waals surface area (Å²) in [5.74, 6) is -0.243. The predicted molar refractivity (Wildman–Crippen MR) is 90.4 cm³/mol. The predicted octanol–water partition coefficient (Wildman–Crippen LogP) is 4.41. The van der Waals surface area contributed by atoms with E-state index in [0.717, 1.165) is 21.4 Å². The Hall–Kier alpha value is -1.59. The molecular weight excluding hydrogens is 354 g/mol. The molecule has 1 amide bonds. The van der Waals surface area contributed by atoms with Gasteiger partial charge in [0.05, 0.1) is 16.9 Å². The summed E-state index contributed by atoms with van der Waals surface area (Å²) in [6.45, 7) is 3.78. The maximum atomic E-state index is 12.4. The molecule has 2 rings (SSSR count). The third-order valence-electron chi connectivity index (χ3n) is 3.05. The Labute approximate surface area is 137 Å². The maximum absolute atomic E-state index is 12.4. The van der Waals surface area contributed by atoms with Crippen LogP contribution in [0.25, 0.3) is 0 Å². The maximum Gasteiger partial charge on any atom is 0.259 e. The van der Waals surface area contributed by atoms with Gasteiger partial charge in [0, 0.05) is 28.4 Å². The van der Waals surface area contributed by atoms with E-state index in [1.54, 1.807) is 19.3 Å². The molecule has 0 bridgehead atoms. The second-order valence-corrected chi connectivity index (χ2v) is 5.92. The molecular formula is C15H15BrClN3O. The van der Waals surface area contributed by atoms with Gasteiger partial charge in [-0.05, 0) is 53.5 Å². The van der Waals surface area contributed by atoms with Crippen LogP contribution in [0.5, 0.6) is 0 Å². The van der Waals surface area contributed by atoms with E-state index in [2.05, 4.69) is 31.5 Å². The first-order valence-corrected chi connectivity index (χ1v) is 7.51. The molecule has 0 spiro atoms. The molecule has 0 atom stereocenters. The number of nitrogens with zero attached hydrogens (tertiary/aromatic N) is 1. The Kier molecular flexibility index (Phi) is 4.85. The molecule has 6 heteroatoms. The van der Waals surface area contributed by atoms with Gasteiger partial charge in [0.15, 0.2) is 0 Å². The molecule has 0 radical (unpaired) electrons. The van der Waals surface area contributed by atoms with Crippen LogP contribution >= 0.6 is 27.5 Å². The van der Waals surface area contributed by atoms with Crippen LogP contribution in [0.2, 0.25) is 5.02 Å². The third-order valence-corrected chi connectivity index (χ3v) is 4.11. The third kappa shape index (κ3) is 3.54. The van der Waals surface area contributed by atoms with Gasteiger partial charge in [-0.1, -0.05) is 11.6 Å². The number of carbonyl (C=O) groups is 1. The van der Waals surface area contributed by atoms with E-state index in [1.165, 1.54) is 0 Å². The first-order chi connectivity index (χ1) is 9.92. The lowest BCUT2D eigenvalue weighted by atomic mass is 10.1. The van der Waals surface area contributed by atoms with Crippen molar-refractivity contribution < 1.29 is 4.79 Å². The summed E-state index contributed by atoms with van der Waals surface area (Å²) in [6, 6.07) is 5.41. The topological polar surface area (TPSA) is 54.0 Å². The van der Waals surface area contributed by atoms with Gasteiger partial charge in [-0.25, -0.2) is 0 Å². The largest absolute Gasteiger partial charge is 0.387 e. The van der Waals surface area contributed by atoms with Crippen LogP contribution in [0.3, 0.4) is 0 Å². The first-order valence-electron chi connectivity index (χ1n) is 6.33. The monoisotopic (exact) mass is 367 g/mol. The number of anilines is 2. The van der Waals surface area contributed by atoms with Crippen molar-refractivity contribution in [2.24, 2.45) is 0 Å². The number of aromatic nitrogens is 1.